The van der Waals surface area contributed by atoms with E-state index < -0.39 is 0 Å². The highest BCUT2D eigenvalue weighted by atomic mass is 35.5. The van der Waals surface area contributed by atoms with Crippen LogP contribution in [0.15, 0.2) is 42.5 Å². The minimum absolute atomic E-state index is 0.113. The van der Waals surface area contributed by atoms with Crippen LogP contribution in [0.1, 0.15) is 24.9 Å². The lowest BCUT2D eigenvalue weighted by atomic mass is 10.0. The predicted molar refractivity (Wildman–Crippen MR) is 86.1 cm³/mol. The summed E-state index contributed by atoms with van der Waals surface area (Å²) in [6.45, 7) is 2.11. The Labute approximate surface area is 129 Å². The maximum absolute atomic E-state index is 6.23. The second-order valence-corrected chi connectivity index (χ2v) is 5.23. The van der Waals surface area contributed by atoms with Gasteiger partial charge < -0.3 is 10.1 Å². The van der Waals surface area contributed by atoms with Crippen molar-refractivity contribution in [2.75, 3.05) is 12.4 Å². The number of hydrogen-bond acceptors (Lipinski definition) is 2. The molecule has 0 aliphatic rings. The Balaban J connectivity index is 2.31. The smallest absolute Gasteiger partial charge is 0.124 e. The molecule has 0 amide bonds. The van der Waals surface area contributed by atoms with Gasteiger partial charge in [-0.15, -0.1) is 0 Å². The average Bonchev–Trinajstić information content (AvgIpc) is 2.49. The summed E-state index contributed by atoms with van der Waals surface area (Å²) in [5.74, 6) is 0.866. The minimum Gasteiger partial charge on any atom is -0.496 e. The highest BCUT2D eigenvalue weighted by molar-refractivity contribution is 6.43. The van der Waals surface area contributed by atoms with Gasteiger partial charge in [-0.05, 0) is 24.6 Å². The van der Waals surface area contributed by atoms with E-state index in [9.17, 15) is 0 Å². The maximum Gasteiger partial charge on any atom is 0.124 e. The fourth-order valence-corrected chi connectivity index (χ4v) is 2.51. The average molecular weight is 310 g/mol. The van der Waals surface area contributed by atoms with Gasteiger partial charge in [-0.1, -0.05) is 54.4 Å². The van der Waals surface area contributed by atoms with Gasteiger partial charge in [0, 0.05) is 5.56 Å². The van der Waals surface area contributed by atoms with E-state index in [0.29, 0.717) is 10.0 Å². The molecule has 1 N–H and O–H groups in total. The van der Waals surface area contributed by atoms with E-state index >= 15 is 0 Å². The normalized spacial score (nSPS) is 12.0. The molecule has 1 unspecified atom stereocenters. The lowest BCUT2D eigenvalue weighted by molar-refractivity contribution is 0.406. The monoisotopic (exact) mass is 309 g/mol. The molecule has 2 aromatic rings. The molecule has 0 spiro atoms. The molecular weight excluding hydrogens is 293 g/mol. The molecule has 2 aromatic carbocycles. The molecule has 0 fully saturated rings. The van der Waals surface area contributed by atoms with E-state index in [1.807, 2.05) is 30.3 Å². The molecule has 0 bridgehead atoms. The number of rotatable bonds is 5. The van der Waals surface area contributed by atoms with Crippen molar-refractivity contribution in [3.8, 4) is 5.75 Å². The van der Waals surface area contributed by atoms with E-state index in [4.69, 9.17) is 27.9 Å². The molecule has 0 aromatic heterocycles. The zero-order chi connectivity index (χ0) is 14.5. The molecule has 0 aliphatic heterocycles. The molecule has 1 atom stereocenters. The first-order valence-corrected chi connectivity index (χ1v) is 7.26. The Kier molecular flexibility index (Phi) is 5.16. The van der Waals surface area contributed by atoms with Crippen LogP contribution in [-0.2, 0) is 0 Å². The van der Waals surface area contributed by atoms with E-state index in [2.05, 4.69) is 18.3 Å². The zero-order valence-corrected chi connectivity index (χ0v) is 13.0. The quantitative estimate of drug-likeness (QED) is 0.780. The summed E-state index contributed by atoms with van der Waals surface area (Å²) in [4.78, 5) is 0. The van der Waals surface area contributed by atoms with E-state index in [1.54, 1.807) is 13.2 Å². The van der Waals surface area contributed by atoms with Crippen LogP contribution >= 0.6 is 23.2 Å². The van der Waals surface area contributed by atoms with Crippen molar-refractivity contribution in [2.45, 2.75) is 19.4 Å². The summed E-state index contributed by atoms with van der Waals surface area (Å²) in [7, 11) is 1.68. The summed E-state index contributed by atoms with van der Waals surface area (Å²) in [6.07, 6.45) is 0.906. The van der Waals surface area contributed by atoms with E-state index in [0.717, 1.165) is 23.4 Å². The number of hydrogen-bond donors (Lipinski definition) is 1. The molecule has 20 heavy (non-hydrogen) atoms. The van der Waals surface area contributed by atoms with Crippen LogP contribution in [0.5, 0.6) is 5.75 Å². The fraction of sp³-hybridized carbons (Fsp3) is 0.250. The van der Waals surface area contributed by atoms with Crippen molar-refractivity contribution in [3.63, 3.8) is 0 Å². The first-order chi connectivity index (χ1) is 9.67. The summed E-state index contributed by atoms with van der Waals surface area (Å²) < 4.78 is 5.42. The number of anilines is 1. The van der Waals surface area contributed by atoms with Gasteiger partial charge in [0.25, 0.3) is 0 Å². The van der Waals surface area contributed by atoms with Crippen molar-refractivity contribution in [1.29, 1.82) is 0 Å². The largest absolute Gasteiger partial charge is 0.496 e. The maximum atomic E-state index is 6.23. The lowest BCUT2D eigenvalue weighted by Gasteiger charge is -2.22. The molecule has 4 heteroatoms. The molecule has 0 heterocycles. The van der Waals surface area contributed by atoms with Crippen LogP contribution in [0.2, 0.25) is 10.0 Å². The Morgan fingerprint density at radius 3 is 2.55 bits per heavy atom. The summed E-state index contributed by atoms with van der Waals surface area (Å²) in [6, 6.07) is 13.7. The van der Waals surface area contributed by atoms with E-state index in [-0.39, 0.29) is 6.04 Å². The highest BCUT2D eigenvalue weighted by Gasteiger charge is 2.15. The van der Waals surface area contributed by atoms with Gasteiger partial charge in [-0.25, -0.2) is 0 Å². The third-order valence-electron chi connectivity index (χ3n) is 3.20. The number of nitrogens with one attached hydrogen (secondary N) is 1. The number of halogens is 2. The fourth-order valence-electron chi connectivity index (χ4n) is 2.16. The van der Waals surface area contributed by atoms with E-state index in [1.165, 1.54) is 0 Å². The molecule has 0 aliphatic carbocycles. The van der Waals surface area contributed by atoms with Gasteiger partial charge in [0.2, 0.25) is 0 Å². The Hall–Kier alpha value is -1.38. The summed E-state index contributed by atoms with van der Waals surface area (Å²) in [5.41, 5.74) is 1.94. The van der Waals surface area contributed by atoms with Crippen molar-refractivity contribution in [3.05, 3.63) is 58.1 Å². The van der Waals surface area contributed by atoms with Gasteiger partial charge in [-0.2, -0.15) is 0 Å². The van der Waals surface area contributed by atoms with Gasteiger partial charge >= 0.3 is 0 Å². The SMILES string of the molecule is CCC(Nc1cccc(Cl)c1Cl)c1ccccc1OC. The number of ether oxygens (including phenoxy) is 1. The zero-order valence-electron chi connectivity index (χ0n) is 11.5. The topological polar surface area (TPSA) is 21.3 Å². The third-order valence-corrected chi connectivity index (χ3v) is 4.02. The van der Waals surface area contributed by atoms with Gasteiger partial charge in [0.05, 0.1) is 28.9 Å². The lowest BCUT2D eigenvalue weighted by Crippen LogP contribution is -2.11. The predicted octanol–water partition coefficient (Wildman–Crippen LogP) is 5.57. The molecule has 2 rings (SSSR count). The van der Waals surface area contributed by atoms with Crippen molar-refractivity contribution < 1.29 is 4.74 Å². The van der Waals surface area contributed by atoms with Crippen molar-refractivity contribution in [2.24, 2.45) is 0 Å². The van der Waals surface area contributed by atoms with Crippen molar-refractivity contribution >= 4 is 28.9 Å². The van der Waals surface area contributed by atoms with Crippen LogP contribution in [0.4, 0.5) is 5.69 Å². The molecular formula is C16H17Cl2NO. The molecule has 106 valence electrons. The second kappa shape index (κ2) is 6.87. The number of para-hydroxylation sites is 1. The molecule has 0 saturated carbocycles. The van der Waals surface area contributed by atoms with Crippen LogP contribution in [0, 0.1) is 0 Å². The van der Waals surface area contributed by atoms with Gasteiger partial charge in [-0.3, -0.25) is 0 Å². The highest BCUT2D eigenvalue weighted by Crippen LogP contribution is 2.35. The molecule has 0 saturated heterocycles. The summed E-state index contributed by atoms with van der Waals surface area (Å²) in [5, 5.41) is 4.52. The van der Waals surface area contributed by atoms with Crippen LogP contribution in [0.25, 0.3) is 0 Å². The Bertz CT molecular complexity index is 586. The van der Waals surface area contributed by atoms with Gasteiger partial charge in [0.1, 0.15) is 5.75 Å². The Morgan fingerprint density at radius 2 is 1.85 bits per heavy atom. The number of benzene rings is 2. The summed E-state index contributed by atoms with van der Waals surface area (Å²) >= 11 is 12.3. The standard InChI is InChI=1S/C16H17Cl2NO/c1-3-13(11-7-4-5-10-15(11)20-2)19-14-9-6-8-12(17)16(14)18/h4-10,13,19H,3H2,1-2H3. The number of methoxy groups -OCH3 is 1. The molecule has 2 nitrogen and oxygen atoms in total. The molecule has 0 radical (unpaired) electrons. The van der Waals surface area contributed by atoms with Crippen molar-refractivity contribution in [1.82, 2.24) is 0 Å². The third kappa shape index (κ3) is 3.20. The second-order valence-electron chi connectivity index (χ2n) is 4.45. The first kappa shape index (κ1) is 15.0. The van der Waals surface area contributed by atoms with Crippen LogP contribution < -0.4 is 10.1 Å². The van der Waals surface area contributed by atoms with Crippen LogP contribution in [0.3, 0.4) is 0 Å². The van der Waals surface area contributed by atoms with Gasteiger partial charge in [0.15, 0.2) is 0 Å². The Morgan fingerprint density at radius 1 is 1.10 bits per heavy atom. The first-order valence-electron chi connectivity index (χ1n) is 6.50. The van der Waals surface area contributed by atoms with Crippen LogP contribution in [-0.4, -0.2) is 7.11 Å². The minimum atomic E-state index is 0.113.